The fourth-order valence-corrected chi connectivity index (χ4v) is 5.42. The molecule has 12 heteroatoms. The number of piperidine rings is 1. The van der Waals surface area contributed by atoms with Crippen LogP contribution in [0.1, 0.15) is 39.9 Å². The third-order valence-electron chi connectivity index (χ3n) is 7.05. The van der Waals surface area contributed by atoms with Crippen LogP contribution in [-0.2, 0) is 28.9 Å². The highest BCUT2D eigenvalue weighted by atomic mass is 35.5. The van der Waals surface area contributed by atoms with Crippen molar-refractivity contribution in [1.29, 1.82) is 0 Å². The van der Waals surface area contributed by atoms with Crippen LogP contribution < -0.4 is 10.2 Å². The Morgan fingerprint density at radius 3 is 2.41 bits per heavy atom. The van der Waals surface area contributed by atoms with Crippen molar-refractivity contribution >= 4 is 35.0 Å². The number of nitrogens with one attached hydrogen (secondary N) is 1. The zero-order valence-corrected chi connectivity index (χ0v) is 20.3. The van der Waals surface area contributed by atoms with Gasteiger partial charge in [0, 0.05) is 51.3 Å². The van der Waals surface area contributed by atoms with E-state index in [4.69, 9.17) is 11.6 Å². The fraction of sp³-hybridized carbons (Fsp3) is 0.400. The Balaban J connectivity index is 1.24. The van der Waals surface area contributed by atoms with Crippen LogP contribution in [0.4, 0.5) is 23.2 Å². The van der Waals surface area contributed by atoms with Crippen LogP contribution in [0.3, 0.4) is 0 Å². The molecule has 0 aromatic heterocycles. The maximum absolute atomic E-state index is 15.1. The van der Waals surface area contributed by atoms with Crippen LogP contribution in [-0.4, -0.2) is 59.7 Å². The molecule has 0 spiro atoms. The van der Waals surface area contributed by atoms with E-state index in [1.54, 1.807) is 6.07 Å². The smallest absolute Gasteiger partial charge is 0.367 e. The first-order valence-corrected chi connectivity index (χ1v) is 12.2. The van der Waals surface area contributed by atoms with Crippen LogP contribution in [0.2, 0.25) is 5.02 Å². The Bertz CT molecular complexity index is 1280. The highest BCUT2D eigenvalue weighted by Gasteiger charge is 2.40. The Morgan fingerprint density at radius 1 is 1.03 bits per heavy atom. The molecule has 3 aliphatic heterocycles. The van der Waals surface area contributed by atoms with Gasteiger partial charge in [-0.1, -0.05) is 17.7 Å². The number of alkyl halides is 3. The third kappa shape index (κ3) is 5.02. The van der Waals surface area contributed by atoms with Crippen molar-refractivity contribution in [3.8, 4) is 0 Å². The topological polar surface area (TPSA) is 73.0 Å². The second-order valence-corrected chi connectivity index (χ2v) is 9.84. The highest BCUT2D eigenvalue weighted by molar-refractivity contribution is 6.31. The van der Waals surface area contributed by atoms with E-state index in [1.165, 1.54) is 23.1 Å². The summed E-state index contributed by atoms with van der Waals surface area (Å²) in [7, 11) is 0. The molecule has 3 heterocycles. The molecule has 7 nitrogen and oxygen atoms in total. The van der Waals surface area contributed by atoms with E-state index >= 15 is 4.39 Å². The van der Waals surface area contributed by atoms with Crippen molar-refractivity contribution in [3.63, 3.8) is 0 Å². The minimum absolute atomic E-state index is 0.138. The lowest BCUT2D eigenvalue weighted by Gasteiger charge is -2.36. The summed E-state index contributed by atoms with van der Waals surface area (Å²) < 4.78 is 53.9. The van der Waals surface area contributed by atoms with Gasteiger partial charge in [-0.25, -0.2) is 4.39 Å². The molecule has 37 heavy (non-hydrogen) atoms. The van der Waals surface area contributed by atoms with Gasteiger partial charge in [-0.05, 0) is 41.8 Å². The summed E-state index contributed by atoms with van der Waals surface area (Å²) in [5.74, 6) is -1.88. The molecular formula is C25H23ClF4N4O3. The number of benzene rings is 2. The molecule has 0 radical (unpaired) electrons. The zero-order chi connectivity index (χ0) is 26.5. The fourth-order valence-electron chi connectivity index (χ4n) is 5.11. The molecule has 2 aromatic rings. The van der Waals surface area contributed by atoms with E-state index < -0.39 is 35.4 Å². The molecule has 196 valence electrons. The first kappa shape index (κ1) is 25.5. The Kier molecular flexibility index (Phi) is 6.61. The minimum Gasteiger partial charge on any atom is -0.367 e. The van der Waals surface area contributed by atoms with Crippen molar-refractivity contribution < 1.29 is 31.9 Å². The first-order chi connectivity index (χ1) is 17.5. The lowest BCUT2D eigenvalue weighted by Crippen LogP contribution is -2.52. The SMILES string of the molecule is O=C1CCC(N2Cc3cc(N4CCN(Cc5ccc(C(F)(F)F)c(Cl)c5)CC4)c(F)cc3C2=O)C(=O)N1. The lowest BCUT2D eigenvalue weighted by molar-refractivity contribution is -0.138. The number of fused-ring (bicyclic) bond motifs is 1. The van der Waals surface area contributed by atoms with Crippen molar-refractivity contribution in [1.82, 2.24) is 15.1 Å². The molecule has 5 rings (SSSR count). The molecule has 1 N–H and O–H groups in total. The number of hydrogen-bond donors (Lipinski definition) is 1. The average molecular weight is 539 g/mol. The second-order valence-electron chi connectivity index (χ2n) is 9.44. The Morgan fingerprint density at radius 2 is 1.76 bits per heavy atom. The van der Waals surface area contributed by atoms with Gasteiger partial charge in [-0.3, -0.25) is 24.6 Å². The van der Waals surface area contributed by atoms with Crippen molar-refractivity contribution in [2.75, 3.05) is 31.1 Å². The molecule has 1 atom stereocenters. The van der Waals surface area contributed by atoms with Crippen LogP contribution in [0.25, 0.3) is 0 Å². The monoisotopic (exact) mass is 538 g/mol. The quantitative estimate of drug-likeness (QED) is 0.476. The highest BCUT2D eigenvalue weighted by Crippen LogP contribution is 2.36. The summed E-state index contributed by atoms with van der Waals surface area (Å²) in [5, 5.41) is 1.90. The van der Waals surface area contributed by atoms with Gasteiger partial charge in [0.15, 0.2) is 0 Å². The van der Waals surface area contributed by atoms with Gasteiger partial charge in [0.05, 0.1) is 16.3 Å². The summed E-state index contributed by atoms with van der Waals surface area (Å²) in [5.41, 5.74) is 0.970. The Labute approximate surface area is 214 Å². The standard InChI is InChI=1S/C25H23ClF4N4O3/c26-18-9-14(1-2-17(18)25(28,29)30)12-32-5-7-33(8-6-32)21-10-15-13-34(24(37)16(15)11-19(21)27)20-3-4-22(35)31-23(20)36/h1-2,9-11,20H,3-8,12-13H2,(H,31,35,36). The molecule has 2 saturated heterocycles. The van der Waals surface area contributed by atoms with Crippen LogP contribution in [0.5, 0.6) is 0 Å². The summed E-state index contributed by atoms with van der Waals surface area (Å²) in [4.78, 5) is 41.9. The normalized spacial score (nSPS) is 20.9. The van der Waals surface area contributed by atoms with Crippen molar-refractivity contribution in [2.45, 2.75) is 38.1 Å². The van der Waals surface area contributed by atoms with Gasteiger partial charge >= 0.3 is 6.18 Å². The number of anilines is 1. The lowest BCUT2D eigenvalue weighted by atomic mass is 10.0. The maximum atomic E-state index is 15.1. The number of rotatable bonds is 4. The number of amides is 3. The van der Waals surface area contributed by atoms with Gasteiger partial charge in [0.25, 0.3) is 5.91 Å². The molecule has 3 amide bonds. The average Bonchev–Trinajstić information content (AvgIpc) is 3.13. The predicted octanol–water partition coefficient (Wildman–Crippen LogP) is 3.58. The van der Waals surface area contributed by atoms with E-state index in [9.17, 15) is 27.6 Å². The first-order valence-electron chi connectivity index (χ1n) is 11.8. The van der Waals surface area contributed by atoms with E-state index in [2.05, 4.69) is 10.2 Å². The van der Waals surface area contributed by atoms with Gasteiger partial charge in [0.1, 0.15) is 11.9 Å². The van der Waals surface area contributed by atoms with Crippen molar-refractivity contribution in [2.24, 2.45) is 0 Å². The molecule has 0 saturated carbocycles. The number of piperazine rings is 1. The van der Waals surface area contributed by atoms with Crippen LogP contribution in [0.15, 0.2) is 30.3 Å². The molecule has 3 aliphatic rings. The van der Waals surface area contributed by atoms with Crippen LogP contribution in [0, 0.1) is 5.82 Å². The van der Waals surface area contributed by atoms with Crippen molar-refractivity contribution in [3.05, 3.63) is 63.4 Å². The molecule has 0 bridgehead atoms. The molecule has 0 aliphatic carbocycles. The number of imide groups is 1. The van der Waals surface area contributed by atoms with Gasteiger partial charge < -0.3 is 9.80 Å². The Hall–Kier alpha value is -3.18. The van der Waals surface area contributed by atoms with E-state index in [0.717, 1.165) is 6.07 Å². The number of nitrogens with zero attached hydrogens (tertiary/aromatic N) is 3. The van der Waals surface area contributed by atoms with E-state index in [0.29, 0.717) is 49.5 Å². The summed E-state index contributed by atoms with van der Waals surface area (Å²) in [6, 6.07) is 5.78. The third-order valence-corrected chi connectivity index (χ3v) is 7.36. The molecule has 2 fully saturated rings. The number of hydrogen-bond acceptors (Lipinski definition) is 5. The van der Waals surface area contributed by atoms with Gasteiger partial charge in [0.2, 0.25) is 11.8 Å². The minimum atomic E-state index is -4.51. The predicted molar refractivity (Wildman–Crippen MR) is 126 cm³/mol. The van der Waals surface area contributed by atoms with Gasteiger partial charge in [-0.2, -0.15) is 13.2 Å². The molecule has 1 unspecified atom stereocenters. The van der Waals surface area contributed by atoms with E-state index in [1.807, 2.05) is 4.90 Å². The summed E-state index contributed by atoms with van der Waals surface area (Å²) in [6.45, 7) is 2.63. The largest absolute Gasteiger partial charge is 0.417 e. The van der Waals surface area contributed by atoms with E-state index in [-0.39, 0.29) is 35.9 Å². The van der Waals surface area contributed by atoms with Gasteiger partial charge in [-0.15, -0.1) is 0 Å². The summed E-state index contributed by atoms with van der Waals surface area (Å²) in [6.07, 6.45) is -4.14. The molecule has 2 aromatic carbocycles. The number of halogens is 5. The maximum Gasteiger partial charge on any atom is 0.417 e. The van der Waals surface area contributed by atoms with Crippen LogP contribution >= 0.6 is 11.6 Å². The second kappa shape index (κ2) is 9.60. The zero-order valence-electron chi connectivity index (χ0n) is 19.6. The summed E-state index contributed by atoms with van der Waals surface area (Å²) >= 11 is 5.83. The number of carbonyl (C=O) groups excluding carboxylic acids is 3. The number of carbonyl (C=O) groups is 3. The molecular weight excluding hydrogens is 516 g/mol.